The van der Waals surface area contributed by atoms with Crippen molar-refractivity contribution in [2.75, 3.05) is 58.4 Å². The molecule has 0 bridgehead atoms. The molecule has 2 N–H and O–H groups in total. The SMILES string of the molecule is CCCc1cc(Cl)ccc1C1COc2ccc(C(O)C(=O)NSN3CCC3)cc2N(CC2CCC2C(/C=C/CCN(C)C(C)=O)OC)C1. The number of amides is 2. The third-order valence-corrected chi connectivity index (χ3v) is 11.2. The number of carbonyl (C=O) groups excluding carboxylic acids is 2. The highest BCUT2D eigenvalue weighted by Crippen LogP contribution is 2.43. The number of anilines is 1. The van der Waals surface area contributed by atoms with Crippen molar-refractivity contribution in [3.63, 3.8) is 0 Å². The van der Waals surface area contributed by atoms with Crippen LogP contribution in [0.2, 0.25) is 5.02 Å². The molecule has 3 aliphatic rings. The number of aryl methyl sites for hydroxylation is 1. The number of hydrogen-bond acceptors (Lipinski definition) is 8. The standard InChI is InChI=1S/C37H51ClN4O5S/c1-5-9-26-20-30(38)13-15-31(26)29-23-41(22-28-11-14-32(28)34(46-4)10-6-7-17-40(3)25(2)43)33-21-27(12-16-35(33)47-24-29)36(44)37(45)39-48-42-18-8-19-42/h6,10,12-13,15-16,20-21,28-29,32,34,36,44H,5,7-9,11,14,17-19,22-24H2,1-4H3,(H,39,45)/b10-6+. The third-order valence-electron chi connectivity index (χ3n) is 10.0. The Hall–Kier alpha value is -2.76. The summed E-state index contributed by atoms with van der Waals surface area (Å²) in [5.74, 6) is 1.23. The largest absolute Gasteiger partial charge is 0.491 e. The number of benzene rings is 2. The third kappa shape index (κ3) is 9.07. The number of carbonyl (C=O) groups is 2. The average molecular weight is 699 g/mol. The van der Waals surface area contributed by atoms with Crippen LogP contribution in [0.4, 0.5) is 5.69 Å². The molecule has 2 aromatic rings. The van der Waals surface area contributed by atoms with Crippen LogP contribution in [0.3, 0.4) is 0 Å². The summed E-state index contributed by atoms with van der Waals surface area (Å²) in [6.07, 6.45) is 8.99. The molecular formula is C37H51ClN4O5S. The molecule has 2 amide bonds. The van der Waals surface area contributed by atoms with Crippen LogP contribution in [0.25, 0.3) is 0 Å². The fourth-order valence-electron chi connectivity index (χ4n) is 6.78. The molecule has 5 rings (SSSR count). The van der Waals surface area contributed by atoms with E-state index in [0.717, 1.165) is 81.2 Å². The second-order valence-electron chi connectivity index (χ2n) is 13.3. The van der Waals surface area contributed by atoms with Crippen LogP contribution < -0.4 is 14.4 Å². The summed E-state index contributed by atoms with van der Waals surface area (Å²) in [5.41, 5.74) is 3.93. The van der Waals surface area contributed by atoms with E-state index >= 15 is 0 Å². The first-order valence-corrected chi connectivity index (χ1v) is 18.4. The van der Waals surface area contributed by atoms with Crippen LogP contribution in [0.15, 0.2) is 48.6 Å². The van der Waals surface area contributed by atoms with E-state index in [9.17, 15) is 14.7 Å². The average Bonchev–Trinajstić information content (AvgIpc) is 3.22. The number of halogens is 1. The van der Waals surface area contributed by atoms with Gasteiger partial charge in [-0.2, -0.15) is 0 Å². The summed E-state index contributed by atoms with van der Waals surface area (Å²) >= 11 is 7.70. The number of aliphatic hydroxyl groups excluding tert-OH is 1. The molecule has 1 saturated carbocycles. The molecule has 2 heterocycles. The molecule has 0 spiro atoms. The van der Waals surface area contributed by atoms with Crippen molar-refractivity contribution in [2.45, 2.75) is 70.5 Å². The zero-order valence-corrected chi connectivity index (χ0v) is 30.3. The van der Waals surface area contributed by atoms with Gasteiger partial charge in [-0.1, -0.05) is 49.2 Å². The van der Waals surface area contributed by atoms with E-state index < -0.39 is 12.0 Å². The van der Waals surface area contributed by atoms with E-state index in [0.29, 0.717) is 30.6 Å². The number of fused-ring (bicyclic) bond motifs is 1. The van der Waals surface area contributed by atoms with Gasteiger partial charge in [0, 0.05) is 76.9 Å². The maximum atomic E-state index is 12.9. The summed E-state index contributed by atoms with van der Waals surface area (Å²) < 4.78 is 17.4. The summed E-state index contributed by atoms with van der Waals surface area (Å²) in [4.78, 5) is 28.6. The molecule has 1 aliphatic carbocycles. The highest BCUT2D eigenvalue weighted by molar-refractivity contribution is 7.95. The number of rotatable bonds is 15. The van der Waals surface area contributed by atoms with Gasteiger partial charge in [0.1, 0.15) is 5.75 Å². The number of nitrogens with zero attached hydrogens (tertiary/aromatic N) is 3. The zero-order valence-electron chi connectivity index (χ0n) is 28.7. The molecule has 2 fully saturated rings. The van der Waals surface area contributed by atoms with Crippen molar-refractivity contribution in [3.05, 3.63) is 70.3 Å². The van der Waals surface area contributed by atoms with E-state index in [-0.39, 0.29) is 17.9 Å². The van der Waals surface area contributed by atoms with E-state index in [1.807, 2.05) is 25.2 Å². The van der Waals surface area contributed by atoms with Crippen LogP contribution >= 0.6 is 23.7 Å². The van der Waals surface area contributed by atoms with Gasteiger partial charge in [0.05, 0.1) is 18.4 Å². The first kappa shape index (κ1) is 36.5. The Morgan fingerprint density at radius 2 is 2.04 bits per heavy atom. The number of nitrogens with one attached hydrogen (secondary N) is 1. The van der Waals surface area contributed by atoms with Gasteiger partial charge >= 0.3 is 0 Å². The lowest BCUT2D eigenvalue weighted by atomic mass is 9.70. The summed E-state index contributed by atoms with van der Waals surface area (Å²) in [6, 6.07) is 11.8. The van der Waals surface area contributed by atoms with Crippen molar-refractivity contribution < 1.29 is 24.2 Å². The number of hydrogen-bond donors (Lipinski definition) is 2. The maximum Gasteiger partial charge on any atom is 0.264 e. The predicted octanol–water partition coefficient (Wildman–Crippen LogP) is 6.16. The first-order chi connectivity index (χ1) is 23.2. The predicted molar refractivity (Wildman–Crippen MR) is 193 cm³/mol. The van der Waals surface area contributed by atoms with Gasteiger partial charge in [-0.3, -0.25) is 14.3 Å². The van der Waals surface area contributed by atoms with Crippen molar-refractivity contribution in [2.24, 2.45) is 11.8 Å². The van der Waals surface area contributed by atoms with Gasteiger partial charge in [0.25, 0.3) is 5.91 Å². The van der Waals surface area contributed by atoms with E-state index in [4.69, 9.17) is 21.1 Å². The van der Waals surface area contributed by atoms with Crippen LogP contribution in [-0.2, 0) is 20.7 Å². The fourth-order valence-corrected chi connectivity index (χ4v) is 7.75. The van der Waals surface area contributed by atoms with Gasteiger partial charge in [-0.25, -0.2) is 4.31 Å². The van der Waals surface area contributed by atoms with Crippen LogP contribution in [-0.4, -0.2) is 85.7 Å². The lowest BCUT2D eigenvalue weighted by Crippen LogP contribution is -2.44. The molecule has 5 atom stereocenters. The van der Waals surface area contributed by atoms with Gasteiger partial charge in [0.15, 0.2) is 6.10 Å². The monoisotopic (exact) mass is 698 g/mol. The fraction of sp³-hybridized carbons (Fsp3) is 0.568. The Labute approximate surface area is 295 Å². The van der Waals surface area contributed by atoms with Gasteiger partial charge < -0.3 is 24.4 Å². The number of aliphatic hydroxyl groups is 1. The number of ether oxygens (including phenoxy) is 2. The normalized spacial score (nSPS) is 22.1. The molecule has 2 aromatic carbocycles. The second kappa shape index (κ2) is 17.3. The number of methoxy groups -OCH3 is 1. The Morgan fingerprint density at radius 1 is 1.23 bits per heavy atom. The van der Waals surface area contributed by atoms with Gasteiger partial charge in [0.2, 0.25) is 5.91 Å². The molecule has 9 nitrogen and oxygen atoms in total. The summed E-state index contributed by atoms with van der Waals surface area (Å²) in [5, 5.41) is 11.8. The van der Waals surface area contributed by atoms with Gasteiger partial charge in [-0.05, 0) is 84.9 Å². The molecule has 5 unspecified atom stereocenters. The summed E-state index contributed by atoms with van der Waals surface area (Å²) in [7, 11) is 3.59. The van der Waals surface area contributed by atoms with E-state index in [1.54, 1.807) is 25.0 Å². The molecular weight excluding hydrogens is 648 g/mol. The summed E-state index contributed by atoms with van der Waals surface area (Å²) in [6.45, 7) is 8.35. The Balaban J connectivity index is 1.38. The highest BCUT2D eigenvalue weighted by atomic mass is 35.5. The van der Waals surface area contributed by atoms with Crippen molar-refractivity contribution in [3.8, 4) is 5.75 Å². The topological polar surface area (TPSA) is 94.6 Å². The minimum Gasteiger partial charge on any atom is -0.491 e. The smallest absolute Gasteiger partial charge is 0.264 e. The minimum atomic E-state index is -1.29. The molecule has 1 saturated heterocycles. The van der Waals surface area contributed by atoms with Crippen LogP contribution in [0.5, 0.6) is 5.75 Å². The van der Waals surface area contributed by atoms with Crippen molar-refractivity contribution >= 4 is 41.2 Å². The quantitative estimate of drug-likeness (QED) is 0.169. The maximum absolute atomic E-state index is 12.9. The second-order valence-corrected chi connectivity index (χ2v) is 14.7. The molecule has 0 radical (unpaired) electrons. The molecule has 11 heteroatoms. The lowest BCUT2D eigenvalue weighted by Gasteiger charge is -2.43. The van der Waals surface area contributed by atoms with Crippen molar-refractivity contribution in [1.82, 2.24) is 13.9 Å². The molecule has 0 aromatic heterocycles. The van der Waals surface area contributed by atoms with Crippen LogP contribution in [0.1, 0.15) is 74.7 Å². The Morgan fingerprint density at radius 3 is 2.71 bits per heavy atom. The van der Waals surface area contributed by atoms with E-state index in [2.05, 4.69) is 45.1 Å². The molecule has 262 valence electrons. The van der Waals surface area contributed by atoms with Crippen molar-refractivity contribution in [1.29, 1.82) is 0 Å². The Kier molecular flexibility index (Phi) is 13.1. The highest BCUT2D eigenvalue weighted by Gasteiger charge is 2.39. The molecule has 48 heavy (non-hydrogen) atoms. The minimum absolute atomic E-state index is 0.0157. The lowest BCUT2D eigenvalue weighted by molar-refractivity contribution is -0.128. The van der Waals surface area contributed by atoms with E-state index in [1.165, 1.54) is 23.3 Å². The Bertz CT molecular complexity index is 1440. The van der Waals surface area contributed by atoms with Crippen LogP contribution in [0, 0.1) is 11.8 Å². The van der Waals surface area contributed by atoms with Gasteiger partial charge in [-0.15, -0.1) is 0 Å². The zero-order chi connectivity index (χ0) is 34.2. The molecule has 2 aliphatic heterocycles. The first-order valence-electron chi connectivity index (χ1n) is 17.3.